The average molecular weight is 550 g/mol. The lowest BCUT2D eigenvalue weighted by Gasteiger charge is -2.42. The van der Waals surface area contributed by atoms with Gasteiger partial charge in [0.25, 0.3) is 0 Å². The number of anilines is 2. The molecule has 1 aromatic heterocycles. The van der Waals surface area contributed by atoms with Crippen LogP contribution >= 0.6 is 0 Å². The van der Waals surface area contributed by atoms with E-state index in [0.717, 1.165) is 12.1 Å². The van der Waals surface area contributed by atoms with Crippen LogP contribution in [0.2, 0.25) is 0 Å². The van der Waals surface area contributed by atoms with Gasteiger partial charge in [-0.3, -0.25) is 4.79 Å². The van der Waals surface area contributed by atoms with E-state index in [1.54, 1.807) is 17.9 Å². The third-order valence-corrected chi connectivity index (χ3v) is 7.43. The Bertz CT molecular complexity index is 1390. The fourth-order valence-corrected chi connectivity index (χ4v) is 5.07. The molecule has 1 aliphatic rings. The van der Waals surface area contributed by atoms with Crippen molar-refractivity contribution in [2.75, 3.05) is 25.1 Å². The standard InChI is InChI=1S/C28H32F5N5O/c1-5-16(2)19-13-18(7-8-20(19)28(32,33)15-29)35-25-24(17-6-9-21(30)22(31)12-17)36-26-27(3,4)38(23(39)14-34)11-10-37(25)26/h6-9,12-13,16,35H,5,10-11,14-15,34H2,1-4H3. The number of alkyl halides is 3. The number of benzene rings is 2. The summed E-state index contributed by atoms with van der Waals surface area (Å²) in [5.74, 6) is -5.34. The van der Waals surface area contributed by atoms with Gasteiger partial charge in [-0.15, -0.1) is 0 Å². The van der Waals surface area contributed by atoms with E-state index >= 15 is 0 Å². The molecule has 0 spiro atoms. The Morgan fingerprint density at radius 2 is 1.87 bits per heavy atom. The average Bonchev–Trinajstić information content (AvgIpc) is 3.28. The van der Waals surface area contributed by atoms with Crippen molar-refractivity contribution in [3.8, 4) is 11.3 Å². The Hall–Kier alpha value is -3.47. The maximum Gasteiger partial charge on any atom is 0.301 e. The molecule has 39 heavy (non-hydrogen) atoms. The number of amides is 1. The summed E-state index contributed by atoms with van der Waals surface area (Å²) in [5.41, 5.74) is 5.67. The molecule has 210 valence electrons. The topological polar surface area (TPSA) is 76.2 Å². The summed E-state index contributed by atoms with van der Waals surface area (Å²) in [6, 6.07) is 7.61. The number of nitrogens with two attached hydrogens (primary N) is 1. The molecule has 0 saturated carbocycles. The van der Waals surface area contributed by atoms with Crippen LogP contribution in [0.25, 0.3) is 11.3 Å². The minimum atomic E-state index is -3.63. The predicted molar refractivity (Wildman–Crippen MR) is 140 cm³/mol. The Morgan fingerprint density at radius 3 is 2.49 bits per heavy atom. The first-order valence-corrected chi connectivity index (χ1v) is 12.8. The molecule has 11 heteroatoms. The molecule has 0 bridgehead atoms. The summed E-state index contributed by atoms with van der Waals surface area (Å²) in [7, 11) is 0. The highest BCUT2D eigenvalue weighted by Gasteiger charge is 2.41. The van der Waals surface area contributed by atoms with Gasteiger partial charge in [-0.1, -0.05) is 19.9 Å². The molecule has 0 radical (unpaired) electrons. The number of nitrogens with one attached hydrogen (secondary N) is 1. The quantitative estimate of drug-likeness (QED) is 0.329. The lowest BCUT2D eigenvalue weighted by atomic mass is 9.90. The van der Waals surface area contributed by atoms with Crippen molar-refractivity contribution in [3.05, 3.63) is 65.0 Å². The van der Waals surface area contributed by atoms with Crippen molar-refractivity contribution in [2.24, 2.45) is 5.73 Å². The van der Waals surface area contributed by atoms with E-state index in [0.29, 0.717) is 48.1 Å². The van der Waals surface area contributed by atoms with Crippen molar-refractivity contribution < 1.29 is 26.7 Å². The van der Waals surface area contributed by atoms with Crippen LogP contribution in [0.15, 0.2) is 36.4 Å². The van der Waals surface area contributed by atoms with Crippen molar-refractivity contribution in [1.82, 2.24) is 14.5 Å². The van der Waals surface area contributed by atoms with Crippen LogP contribution in [0.4, 0.5) is 33.5 Å². The summed E-state index contributed by atoms with van der Waals surface area (Å²) < 4.78 is 71.9. The lowest BCUT2D eigenvalue weighted by Crippen LogP contribution is -2.53. The Labute approximate surface area is 224 Å². The number of hydrogen-bond donors (Lipinski definition) is 2. The van der Waals surface area contributed by atoms with Crippen LogP contribution in [0, 0.1) is 11.6 Å². The first-order valence-electron chi connectivity index (χ1n) is 12.8. The van der Waals surface area contributed by atoms with Gasteiger partial charge in [-0.25, -0.2) is 18.2 Å². The second-order valence-corrected chi connectivity index (χ2v) is 10.3. The zero-order valence-corrected chi connectivity index (χ0v) is 22.3. The molecule has 0 fully saturated rings. The summed E-state index contributed by atoms with van der Waals surface area (Å²) in [5, 5.41) is 3.24. The number of halogens is 5. The smallest absolute Gasteiger partial charge is 0.301 e. The third-order valence-electron chi connectivity index (χ3n) is 7.43. The van der Waals surface area contributed by atoms with E-state index in [2.05, 4.69) is 5.32 Å². The number of hydrogen-bond acceptors (Lipinski definition) is 4. The first-order chi connectivity index (χ1) is 18.3. The van der Waals surface area contributed by atoms with Gasteiger partial charge in [0.05, 0.1) is 12.1 Å². The normalized spacial score (nSPS) is 15.7. The number of rotatable bonds is 8. The van der Waals surface area contributed by atoms with Crippen molar-refractivity contribution in [3.63, 3.8) is 0 Å². The van der Waals surface area contributed by atoms with E-state index in [1.165, 1.54) is 18.2 Å². The van der Waals surface area contributed by atoms with Crippen LogP contribution in [0.3, 0.4) is 0 Å². The number of nitrogens with zero attached hydrogens (tertiary/aromatic N) is 3. The zero-order valence-electron chi connectivity index (χ0n) is 22.3. The van der Waals surface area contributed by atoms with Gasteiger partial charge in [0.1, 0.15) is 17.3 Å². The molecule has 1 aliphatic heterocycles. The number of fused-ring (bicyclic) bond motifs is 1. The van der Waals surface area contributed by atoms with E-state index in [4.69, 9.17) is 10.7 Å². The van der Waals surface area contributed by atoms with Crippen molar-refractivity contribution in [2.45, 2.75) is 58.0 Å². The number of carbonyl (C=O) groups is 1. The van der Waals surface area contributed by atoms with Crippen LogP contribution in [-0.4, -0.2) is 40.1 Å². The minimum absolute atomic E-state index is 0.181. The van der Waals surface area contributed by atoms with Crippen LogP contribution in [-0.2, 0) is 22.8 Å². The molecule has 2 aromatic carbocycles. The molecular formula is C28H32F5N5O. The first kappa shape index (κ1) is 28.5. The molecule has 4 rings (SSSR count). The predicted octanol–water partition coefficient (Wildman–Crippen LogP) is 6.18. The Balaban J connectivity index is 1.89. The minimum Gasteiger partial charge on any atom is -0.340 e. The van der Waals surface area contributed by atoms with E-state index in [9.17, 15) is 26.7 Å². The number of imidazole rings is 1. The maximum absolute atomic E-state index is 14.4. The van der Waals surface area contributed by atoms with E-state index < -0.39 is 29.8 Å². The van der Waals surface area contributed by atoms with Crippen molar-refractivity contribution >= 4 is 17.4 Å². The molecule has 1 unspecified atom stereocenters. The van der Waals surface area contributed by atoms with Gasteiger partial charge >= 0.3 is 5.92 Å². The van der Waals surface area contributed by atoms with Gasteiger partial charge in [-0.05, 0) is 62.1 Å². The monoisotopic (exact) mass is 549 g/mol. The highest BCUT2D eigenvalue weighted by molar-refractivity contribution is 5.80. The summed E-state index contributed by atoms with van der Waals surface area (Å²) in [6.07, 6.45) is 0.556. The van der Waals surface area contributed by atoms with Crippen molar-refractivity contribution in [1.29, 1.82) is 0 Å². The molecule has 0 aliphatic carbocycles. The van der Waals surface area contributed by atoms with Gasteiger partial charge < -0.3 is 20.5 Å². The lowest BCUT2D eigenvalue weighted by molar-refractivity contribution is -0.137. The van der Waals surface area contributed by atoms with Gasteiger partial charge in [0.2, 0.25) is 5.91 Å². The molecule has 2 heterocycles. The Kier molecular flexibility index (Phi) is 7.75. The van der Waals surface area contributed by atoms with Crippen LogP contribution < -0.4 is 11.1 Å². The molecule has 6 nitrogen and oxygen atoms in total. The third kappa shape index (κ3) is 5.11. The highest BCUT2D eigenvalue weighted by atomic mass is 19.3. The SMILES string of the molecule is CCC(C)c1cc(Nc2c(-c3ccc(F)c(F)c3)nc3n2CCN(C(=O)CN)C3(C)C)ccc1C(F)(F)CF. The van der Waals surface area contributed by atoms with Gasteiger partial charge in [-0.2, -0.15) is 8.78 Å². The van der Waals surface area contributed by atoms with E-state index in [-0.39, 0.29) is 29.5 Å². The van der Waals surface area contributed by atoms with Gasteiger partial charge in [0, 0.05) is 29.9 Å². The van der Waals surface area contributed by atoms with Crippen LogP contribution in [0.5, 0.6) is 0 Å². The van der Waals surface area contributed by atoms with Gasteiger partial charge in [0.15, 0.2) is 18.3 Å². The molecule has 1 amide bonds. The largest absolute Gasteiger partial charge is 0.340 e. The highest BCUT2D eigenvalue weighted by Crippen LogP contribution is 2.41. The number of carbonyl (C=O) groups excluding carboxylic acids is 1. The second-order valence-electron chi connectivity index (χ2n) is 10.3. The summed E-state index contributed by atoms with van der Waals surface area (Å²) >= 11 is 0. The Morgan fingerprint density at radius 1 is 1.15 bits per heavy atom. The van der Waals surface area contributed by atoms with Crippen LogP contribution in [0.1, 0.15) is 57.0 Å². The van der Waals surface area contributed by atoms with E-state index in [1.807, 2.05) is 25.3 Å². The second kappa shape index (κ2) is 10.6. The molecule has 0 saturated heterocycles. The maximum atomic E-state index is 14.4. The molecule has 3 aromatic rings. The fourth-order valence-electron chi connectivity index (χ4n) is 5.07. The molecular weight excluding hydrogens is 517 g/mol. The number of aromatic nitrogens is 2. The zero-order chi connectivity index (χ0) is 28.7. The summed E-state index contributed by atoms with van der Waals surface area (Å²) in [6.45, 7) is 5.91. The fraction of sp³-hybridized carbons (Fsp3) is 0.429. The summed E-state index contributed by atoms with van der Waals surface area (Å²) in [4.78, 5) is 18.9. The molecule has 1 atom stereocenters. The molecule has 3 N–H and O–H groups in total.